The molecular formula is C13H15NO4. The molecule has 1 unspecified atom stereocenters. The Bertz CT molecular complexity index is 456. The first kappa shape index (κ1) is 13.9. The molecule has 1 atom stereocenters. The Morgan fingerprint density at radius 1 is 1.56 bits per heavy atom. The Morgan fingerprint density at radius 3 is 2.78 bits per heavy atom. The van der Waals surface area contributed by atoms with Crippen molar-refractivity contribution in [1.82, 2.24) is 0 Å². The first-order chi connectivity index (χ1) is 8.61. The maximum atomic E-state index is 11.7. The summed E-state index contributed by atoms with van der Waals surface area (Å²) < 4.78 is 4.70. The lowest BCUT2D eigenvalue weighted by atomic mass is 9.93. The standard InChI is InChI=1S/C13H15NO4/c1-3-4-7-11(13(15)18-2)10-8-5-6-9-12(10)14(16)17/h3,5-6,8-9,11H,1,4,7H2,2H3. The fraction of sp³-hybridized carbons (Fsp3) is 0.308. The second-order valence-corrected chi connectivity index (χ2v) is 3.76. The molecule has 0 saturated carbocycles. The molecule has 0 aliphatic heterocycles. The van der Waals surface area contributed by atoms with Crippen molar-refractivity contribution in [1.29, 1.82) is 0 Å². The predicted molar refractivity (Wildman–Crippen MR) is 67.3 cm³/mol. The minimum Gasteiger partial charge on any atom is -0.469 e. The molecule has 5 heteroatoms. The molecule has 0 amide bonds. The number of nitrogens with zero attached hydrogens (tertiary/aromatic N) is 1. The van der Waals surface area contributed by atoms with E-state index in [1.54, 1.807) is 24.3 Å². The summed E-state index contributed by atoms with van der Waals surface area (Å²) in [7, 11) is 1.28. The Morgan fingerprint density at radius 2 is 2.22 bits per heavy atom. The number of carbonyl (C=O) groups excluding carboxylic acids is 1. The molecule has 0 N–H and O–H groups in total. The van der Waals surface area contributed by atoms with Crippen molar-refractivity contribution in [3.63, 3.8) is 0 Å². The van der Waals surface area contributed by atoms with Gasteiger partial charge >= 0.3 is 5.97 Å². The van der Waals surface area contributed by atoms with Gasteiger partial charge in [0.05, 0.1) is 18.0 Å². The number of nitro groups is 1. The Kier molecular flexibility index (Phi) is 5.05. The Labute approximate surface area is 105 Å². The van der Waals surface area contributed by atoms with Crippen LogP contribution in [0.1, 0.15) is 24.3 Å². The number of ether oxygens (including phenoxy) is 1. The minimum atomic E-state index is -0.630. The highest BCUT2D eigenvalue weighted by molar-refractivity contribution is 5.79. The number of hydrogen-bond acceptors (Lipinski definition) is 4. The Hall–Kier alpha value is -2.17. The summed E-state index contributed by atoms with van der Waals surface area (Å²) >= 11 is 0. The number of esters is 1. The van der Waals surface area contributed by atoms with E-state index in [4.69, 9.17) is 4.74 Å². The average molecular weight is 249 g/mol. The van der Waals surface area contributed by atoms with Crippen molar-refractivity contribution in [3.8, 4) is 0 Å². The molecule has 96 valence electrons. The second-order valence-electron chi connectivity index (χ2n) is 3.76. The molecule has 1 aromatic rings. The molecule has 0 bridgehead atoms. The molecule has 0 saturated heterocycles. The van der Waals surface area contributed by atoms with Crippen molar-refractivity contribution in [3.05, 3.63) is 52.6 Å². The summed E-state index contributed by atoms with van der Waals surface area (Å²) in [5, 5.41) is 10.9. The monoisotopic (exact) mass is 249 g/mol. The fourth-order valence-corrected chi connectivity index (χ4v) is 1.78. The number of hydrogen-bond donors (Lipinski definition) is 0. The summed E-state index contributed by atoms with van der Waals surface area (Å²) in [6.07, 6.45) is 2.71. The molecule has 0 spiro atoms. The second kappa shape index (κ2) is 6.54. The van der Waals surface area contributed by atoms with E-state index in [1.165, 1.54) is 13.2 Å². The van der Waals surface area contributed by atoms with Crippen LogP contribution in [0.3, 0.4) is 0 Å². The number of carbonyl (C=O) groups is 1. The largest absolute Gasteiger partial charge is 0.469 e. The number of allylic oxidation sites excluding steroid dienone is 1. The van der Waals surface area contributed by atoms with Crippen LogP contribution in [0, 0.1) is 10.1 Å². The zero-order valence-electron chi connectivity index (χ0n) is 10.2. The molecule has 1 aromatic carbocycles. The highest BCUT2D eigenvalue weighted by atomic mass is 16.6. The smallest absolute Gasteiger partial charge is 0.313 e. The maximum absolute atomic E-state index is 11.7. The van der Waals surface area contributed by atoms with Crippen LogP contribution < -0.4 is 0 Å². The number of para-hydroxylation sites is 1. The van der Waals surface area contributed by atoms with Crippen LogP contribution in [0.5, 0.6) is 0 Å². The van der Waals surface area contributed by atoms with Crippen LogP contribution in [0.2, 0.25) is 0 Å². The molecule has 1 rings (SSSR count). The fourth-order valence-electron chi connectivity index (χ4n) is 1.78. The van der Waals surface area contributed by atoms with Crippen molar-refractivity contribution in [2.45, 2.75) is 18.8 Å². The summed E-state index contributed by atoms with van der Waals surface area (Å²) in [4.78, 5) is 22.2. The number of nitro benzene ring substituents is 1. The molecule has 0 aromatic heterocycles. The van der Waals surface area contributed by atoms with E-state index < -0.39 is 16.8 Å². The topological polar surface area (TPSA) is 69.4 Å². The van der Waals surface area contributed by atoms with Gasteiger partial charge in [0.15, 0.2) is 0 Å². The Balaban J connectivity index is 3.15. The zero-order chi connectivity index (χ0) is 13.5. The predicted octanol–water partition coefficient (Wildman–Crippen LogP) is 2.82. The van der Waals surface area contributed by atoms with Crippen LogP contribution in [-0.2, 0) is 9.53 Å². The minimum absolute atomic E-state index is 0.0584. The number of rotatable bonds is 6. The van der Waals surface area contributed by atoms with Crippen molar-refractivity contribution < 1.29 is 14.5 Å². The van der Waals surface area contributed by atoms with Crippen LogP contribution in [-0.4, -0.2) is 18.0 Å². The van der Waals surface area contributed by atoms with E-state index in [2.05, 4.69) is 6.58 Å². The van der Waals surface area contributed by atoms with Gasteiger partial charge in [0.25, 0.3) is 5.69 Å². The SMILES string of the molecule is C=CCCC(C(=O)OC)c1ccccc1[N+](=O)[O-]. The highest BCUT2D eigenvalue weighted by Crippen LogP contribution is 2.30. The maximum Gasteiger partial charge on any atom is 0.313 e. The molecule has 0 aliphatic carbocycles. The van der Waals surface area contributed by atoms with Gasteiger partial charge < -0.3 is 4.74 Å². The third kappa shape index (κ3) is 3.16. The normalized spacial score (nSPS) is 11.6. The van der Waals surface area contributed by atoms with Crippen LogP contribution in [0.15, 0.2) is 36.9 Å². The summed E-state index contributed by atoms with van der Waals surface area (Å²) in [5.41, 5.74) is 0.327. The third-order valence-electron chi connectivity index (χ3n) is 2.65. The lowest BCUT2D eigenvalue weighted by Crippen LogP contribution is -2.15. The lowest BCUT2D eigenvalue weighted by Gasteiger charge is -2.14. The summed E-state index contributed by atoms with van der Waals surface area (Å²) in [5.74, 6) is -1.10. The average Bonchev–Trinajstić information content (AvgIpc) is 2.39. The number of methoxy groups -OCH3 is 1. The van der Waals surface area contributed by atoms with Crippen molar-refractivity contribution >= 4 is 11.7 Å². The molecule has 0 fully saturated rings. The van der Waals surface area contributed by atoms with E-state index in [0.29, 0.717) is 18.4 Å². The third-order valence-corrected chi connectivity index (χ3v) is 2.65. The molecule has 0 heterocycles. The molecule has 5 nitrogen and oxygen atoms in total. The van der Waals surface area contributed by atoms with Crippen molar-refractivity contribution in [2.75, 3.05) is 7.11 Å². The van der Waals surface area contributed by atoms with E-state index in [-0.39, 0.29) is 5.69 Å². The van der Waals surface area contributed by atoms with E-state index in [0.717, 1.165) is 0 Å². The lowest BCUT2D eigenvalue weighted by molar-refractivity contribution is -0.385. The van der Waals surface area contributed by atoms with E-state index in [9.17, 15) is 14.9 Å². The quantitative estimate of drug-likeness (QED) is 0.336. The van der Waals surface area contributed by atoms with Crippen molar-refractivity contribution in [2.24, 2.45) is 0 Å². The molecule has 18 heavy (non-hydrogen) atoms. The van der Waals surface area contributed by atoms with Gasteiger partial charge in [0.1, 0.15) is 0 Å². The van der Waals surface area contributed by atoms with Crippen LogP contribution in [0.25, 0.3) is 0 Å². The van der Waals surface area contributed by atoms with E-state index in [1.807, 2.05) is 0 Å². The molecule has 0 radical (unpaired) electrons. The highest BCUT2D eigenvalue weighted by Gasteiger charge is 2.27. The van der Waals surface area contributed by atoms with Gasteiger partial charge in [0, 0.05) is 11.6 Å². The van der Waals surface area contributed by atoms with Gasteiger partial charge in [-0.2, -0.15) is 0 Å². The van der Waals surface area contributed by atoms with Gasteiger partial charge in [-0.25, -0.2) is 0 Å². The van der Waals surface area contributed by atoms with Crippen LogP contribution >= 0.6 is 0 Å². The first-order valence-electron chi connectivity index (χ1n) is 5.53. The first-order valence-corrected chi connectivity index (χ1v) is 5.53. The van der Waals surface area contributed by atoms with Gasteiger partial charge in [-0.15, -0.1) is 6.58 Å². The molecular weight excluding hydrogens is 234 g/mol. The van der Waals surface area contributed by atoms with Gasteiger partial charge in [0.2, 0.25) is 0 Å². The zero-order valence-corrected chi connectivity index (χ0v) is 10.2. The van der Waals surface area contributed by atoms with E-state index >= 15 is 0 Å². The number of benzene rings is 1. The summed E-state index contributed by atoms with van der Waals surface area (Å²) in [6.45, 7) is 3.58. The summed E-state index contributed by atoms with van der Waals surface area (Å²) in [6, 6.07) is 6.22. The van der Waals surface area contributed by atoms with Gasteiger partial charge in [-0.3, -0.25) is 14.9 Å². The van der Waals surface area contributed by atoms with Gasteiger partial charge in [-0.05, 0) is 12.8 Å². The van der Waals surface area contributed by atoms with Gasteiger partial charge in [-0.1, -0.05) is 24.3 Å². The van der Waals surface area contributed by atoms with Crippen LogP contribution in [0.4, 0.5) is 5.69 Å². The molecule has 0 aliphatic rings.